The quantitative estimate of drug-likeness (QED) is 0.661. The molecule has 3 heterocycles. The van der Waals surface area contributed by atoms with Crippen LogP contribution in [0.3, 0.4) is 0 Å². The maximum absolute atomic E-state index is 12.9. The topological polar surface area (TPSA) is 76.4 Å². The maximum Gasteiger partial charge on any atom is 0.293 e. The first kappa shape index (κ1) is 19.1. The zero-order chi connectivity index (χ0) is 20.5. The van der Waals surface area contributed by atoms with Gasteiger partial charge < -0.3 is 14.5 Å². The number of carbonyl (C=O) groups excluding carboxylic acids is 1. The highest BCUT2D eigenvalue weighted by molar-refractivity contribution is 5.91. The summed E-state index contributed by atoms with van der Waals surface area (Å²) in [6, 6.07) is 12.0. The number of methoxy groups -OCH3 is 1. The molecule has 29 heavy (non-hydrogen) atoms. The van der Waals surface area contributed by atoms with Gasteiger partial charge >= 0.3 is 0 Å². The molecule has 0 unspecified atom stereocenters. The van der Waals surface area contributed by atoms with Gasteiger partial charge in [0.25, 0.3) is 5.91 Å². The number of likely N-dealkylation sites (N-methyl/N-ethyl adjacent to an activating group) is 1. The molecule has 1 amide bonds. The average molecular weight is 392 g/mol. The fourth-order valence-electron chi connectivity index (χ4n) is 3.18. The number of hydrogen-bond acceptors (Lipinski definition) is 6. The molecule has 1 fully saturated rings. The van der Waals surface area contributed by atoms with Crippen LogP contribution in [-0.2, 0) is 0 Å². The number of pyridine rings is 1. The van der Waals surface area contributed by atoms with Gasteiger partial charge in [-0.25, -0.2) is 14.6 Å². The van der Waals surface area contributed by atoms with Crippen molar-refractivity contribution >= 4 is 5.91 Å². The molecule has 0 spiro atoms. The van der Waals surface area contributed by atoms with Crippen LogP contribution in [0.5, 0.6) is 5.88 Å². The minimum absolute atomic E-state index is 0.156. The third-order valence-electron chi connectivity index (χ3n) is 5.16. The smallest absolute Gasteiger partial charge is 0.293 e. The second-order valence-electron chi connectivity index (χ2n) is 7.42. The lowest BCUT2D eigenvalue weighted by molar-refractivity contribution is 0.0388. The van der Waals surface area contributed by atoms with Gasteiger partial charge in [-0.05, 0) is 27.1 Å². The second-order valence-corrected chi connectivity index (χ2v) is 7.42. The summed E-state index contributed by atoms with van der Waals surface area (Å²) in [5, 5.41) is 4.53. The molecule has 2 aromatic heterocycles. The van der Waals surface area contributed by atoms with E-state index in [0.29, 0.717) is 36.5 Å². The first-order valence-corrected chi connectivity index (χ1v) is 9.46. The van der Waals surface area contributed by atoms with Gasteiger partial charge in [-0.1, -0.05) is 29.8 Å². The van der Waals surface area contributed by atoms with Crippen molar-refractivity contribution in [2.24, 2.45) is 0 Å². The summed E-state index contributed by atoms with van der Waals surface area (Å²) in [5.41, 5.74) is 2.74. The number of nitrogens with zero attached hydrogens (tertiary/aromatic N) is 6. The van der Waals surface area contributed by atoms with Gasteiger partial charge in [0.15, 0.2) is 5.82 Å². The SMILES string of the molecule is COc1ccc(-n2nc(C(=O)N3CC(N(C)C)C3)nc2-c2ccc(C)cc2)cn1. The van der Waals surface area contributed by atoms with E-state index < -0.39 is 0 Å². The van der Waals surface area contributed by atoms with Crippen molar-refractivity contribution in [2.45, 2.75) is 13.0 Å². The Morgan fingerprint density at radius 3 is 2.45 bits per heavy atom. The van der Waals surface area contributed by atoms with Crippen LogP contribution in [-0.4, -0.2) is 75.8 Å². The van der Waals surface area contributed by atoms with E-state index >= 15 is 0 Å². The molecule has 1 aliphatic rings. The Labute approximate surface area is 169 Å². The van der Waals surface area contributed by atoms with Crippen molar-refractivity contribution in [3.05, 3.63) is 54.0 Å². The largest absolute Gasteiger partial charge is 0.481 e. The molecule has 0 atom stereocenters. The van der Waals surface area contributed by atoms with Crippen LogP contribution in [0.1, 0.15) is 16.2 Å². The first-order chi connectivity index (χ1) is 14.0. The van der Waals surface area contributed by atoms with E-state index in [1.165, 1.54) is 0 Å². The van der Waals surface area contributed by atoms with E-state index in [1.807, 2.05) is 51.4 Å². The summed E-state index contributed by atoms with van der Waals surface area (Å²) in [6.45, 7) is 3.40. The Hall–Kier alpha value is -3.26. The maximum atomic E-state index is 12.9. The van der Waals surface area contributed by atoms with Crippen molar-refractivity contribution in [1.82, 2.24) is 29.5 Å². The molecule has 8 heteroatoms. The lowest BCUT2D eigenvalue weighted by atomic mass is 10.1. The number of ether oxygens (including phenoxy) is 1. The summed E-state index contributed by atoms with van der Waals surface area (Å²) in [5.74, 6) is 1.15. The summed E-state index contributed by atoms with van der Waals surface area (Å²) in [7, 11) is 5.61. The number of benzene rings is 1. The molecule has 1 saturated heterocycles. The third kappa shape index (κ3) is 3.71. The number of carbonyl (C=O) groups is 1. The molecule has 0 aliphatic carbocycles. The van der Waals surface area contributed by atoms with Crippen molar-refractivity contribution in [3.8, 4) is 23.0 Å². The third-order valence-corrected chi connectivity index (χ3v) is 5.16. The van der Waals surface area contributed by atoms with Gasteiger partial charge in [-0.3, -0.25) is 4.79 Å². The number of hydrogen-bond donors (Lipinski definition) is 0. The standard InChI is InChI=1S/C21H24N6O2/c1-14-5-7-15(8-6-14)20-23-19(21(28)26-12-17(13-26)25(2)3)24-27(20)16-9-10-18(29-4)22-11-16/h5-11,17H,12-13H2,1-4H3. The van der Waals surface area contributed by atoms with Crippen LogP contribution in [0.2, 0.25) is 0 Å². The van der Waals surface area contributed by atoms with Crippen LogP contribution in [0.15, 0.2) is 42.6 Å². The van der Waals surface area contributed by atoms with Gasteiger partial charge in [-0.2, -0.15) is 0 Å². The monoisotopic (exact) mass is 392 g/mol. The highest BCUT2D eigenvalue weighted by Gasteiger charge is 2.34. The van der Waals surface area contributed by atoms with Crippen molar-refractivity contribution in [3.63, 3.8) is 0 Å². The number of aryl methyl sites for hydroxylation is 1. The van der Waals surface area contributed by atoms with E-state index in [-0.39, 0.29) is 11.7 Å². The lowest BCUT2D eigenvalue weighted by Crippen LogP contribution is -2.59. The number of rotatable bonds is 5. The molecule has 0 N–H and O–H groups in total. The highest BCUT2D eigenvalue weighted by Crippen LogP contribution is 2.24. The Bertz CT molecular complexity index is 1000. The van der Waals surface area contributed by atoms with Gasteiger partial charge in [0.05, 0.1) is 19.0 Å². The average Bonchev–Trinajstić information content (AvgIpc) is 3.12. The normalized spacial score (nSPS) is 14.2. The molecule has 0 bridgehead atoms. The van der Waals surface area contributed by atoms with Gasteiger partial charge in [0, 0.05) is 30.8 Å². The predicted octanol–water partition coefficient (Wildman–Crippen LogP) is 2.03. The second kappa shape index (κ2) is 7.63. The molecule has 1 aliphatic heterocycles. The van der Waals surface area contributed by atoms with Crippen molar-refractivity contribution in [2.75, 3.05) is 34.3 Å². The zero-order valence-corrected chi connectivity index (χ0v) is 17.0. The van der Waals surface area contributed by atoms with Crippen molar-refractivity contribution < 1.29 is 9.53 Å². The van der Waals surface area contributed by atoms with Gasteiger partial charge in [-0.15, -0.1) is 5.10 Å². The molecule has 1 aromatic carbocycles. The number of aromatic nitrogens is 4. The highest BCUT2D eigenvalue weighted by atomic mass is 16.5. The Kier molecular flexibility index (Phi) is 5.02. The number of likely N-dealkylation sites (tertiary alicyclic amines) is 1. The molecule has 8 nitrogen and oxygen atoms in total. The van der Waals surface area contributed by atoms with E-state index in [1.54, 1.807) is 29.0 Å². The van der Waals surface area contributed by atoms with E-state index in [4.69, 9.17) is 4.74 Å². The minimum atomic E-state index is -0.156. The Morgan fingerprint density at radius 2 is 1.86 bits per heavy atom. The minimum Gasteiger partial charge on any atom is -0.481 e. The Morgan fingerprint density at radius 1 is 1.14 bits per heavy atom. The predicted molar refractivity (Wildman–Crippen MR) is 109 cm³/mol. The van der Waals surface area contributed by atoms with Crippen LogP contribution in [0, 0.1) is 6.92 Å². The fraction of sp³-hybridized carbons (Fsp3) is 0.333. The van der Waals surface area contributed by atoms with E-state index in [2.05, 4.69) is 20.0 Å². The summed E-state index contributed by atoms with van der Waals surface area (Å²) < 4.78 is 6.80. The number of amides is 1. The Balaban J connectivity index is 1.70. The first-order valence-electron chi connectivity index (χ1n) is 9.46. The van der Waals surface area contributed by atoms with Gasteiger partial charge in [0.1, 0.15) is 0 Å². The molecule has 150 valence electrons. The lowest BCUT2D eigenvalue weighted by Gasteiger charge is -2.42. The summed E-state index contributed by atoms with van der Waals surface area (Å²) in [4.78, 5) is 25.7. The molecule has 0 saturated carbocycles. The van der Waals surface area contributed by atoms with Crippen molar-refractivity contribution in [1.29, 1.82) is 0 Å². The molecule has 3 aromatic rings. The van der Waals surface area contributed by atoms with E-state index in [9.17, 15) is 4.79 Å². The van der Waals surface area contributed by atoms with E-state index in [0.717, 1.165) is 11.1 Å². The molecule has 0 radical (unpaired) electrons. The molecular formula is C21H24N6O2. The van der Waals surface area contributed by atoms with Gasteiger partial charge in [0.2, 0.25) is 11.7 Å². The van der Waals surface area contributed by atoms with Crippen LogP contribution >= 0.6 is 0 Å². The zero-order valence-electron chi connectivity index (χ0n) is 17.0. The summed E-state index contributed by atoms with van der Waals surface area (Å²) in [6.07, 6.45) is 1.66. The molecular weight excluding hydrogens is 368 g/mol. The summed E-state index contributed by atoms with van der Waals surface area (Å²) >= 11 is 0. The fourth-order valence-corrected chi connectivity index (χ4v) is 3.18. The molecule has 4 rings (SSSR count). The van der Waals surface area contributed by atoms with Crippen LogP contribution in [0.25, 0.3) is 17.1 Å². The van der Waals surface area contributed by atoms with Crippen LogP contribution in [0.4, 0.5) is 0 Å². The van der Waals surface area contributed by atoms with Crippen LogP contribution < -0.4 is 4.74 Å².